The maximum absolute atomic E-state index is 11.4. The third-order valence-electron chi connectivity index (χ3n) is 4.54. The number of aromatic carboxylic acids is 1. The highest BCUT2D eigenvalue weighted by molar-refractivity contribution is 5.91. The van der Waals surface area contributed by atoms with E-state index in [1.165, 1.54) is 25.5 Å². The van der Waals surface area contributed by atoms with E-state index in [1.54, 1.807) is 12.1 Å². The van der Waals surface area contributed by atoms with Gasteiger partial charge in [-0.2, -0.15) is 0 Å². The van der Waals surface area contributed by atoms with Crippen molar-refractivity contribution in [3.05, 3.63) is 59.2 Å². The molecule has 0 atom stereocenters. The highest BCUT2D eigenvalue weighted by Crippen LogP contribution is 2.31. The molecule has 0 amide bonds. The molecule has 0 aromatic heterocycles. The van der Waals surface area contributed by atoms with E-state index in [4.69, 9.17) is 9.47 Å². The third-order valence-corrected chi connectivity index (χ3v) is 4.54. The number of methoxy groups -OCH3 is 1. The molecular weight excluding hydrogens is 330 g/mol. The fraction of sp³-hybridized carbons (Fsp3) is 0.381. The lowest BCUT2D eigenvalue weighted by atomic mass is 10.1. The van der Waals surface area contributed by atoms with E-state index >= 15 is 0 Å². The molecule has 0 radical (unpaired) electrons. The van der Waals surface area contributed by atoms with Crippen LogP contribution in [0.15, 0.2) is 42.5 Å². The molecule has 26 heavy (non-hydrogen) atoms. The molecule has 1 aliphatic rings. The van der Waals surface area contributed by atoms with Crippen molar-refractivity contribution in [3.8, 4) is 11.5 Å². The molecule has 1 fully saturated rings. The second kappa shape index (κ2) is 8.23. The van der Waals surface area contributed by atoms with Crippen molar-refractivity contribution >= 4 is 5.97 Å². The Morgan fingerprint density at radius 2 is 1.88 bits per heavy atom. The zero-order valence-electron chi connectivity index (χ0n) is 15.3. The number of hydrogen-bond acceptors (Lipinski definition) is 4. The number of nitrogens with zero attached hydrogens (tertiary/aromatic N) is 1. The summed E-state index contributed by atoms with van der Waals surface area (Å²) in [6, 6.07) is 14.1. The number of benzene rings is 2. The molecule has 0 aliphatic heterocycles. The Morgan fingerprint density at radius 3 is 2.50 bits per heavy atom. The highest BCUT2D eigenvalue weighted by atomic mass is 16.5. The summed E-state index contributed by atoms with van der Waals surface area (Å²) < 4.78 is 10.7. The molecule has 1 saturated carbocycles. The lowest BCUT2D eigenvalue weighted by molar-refractivity contribution is 0.0693. The number of rotatable bonds is 9. The molecule has 0 heterocycles. The molecule has 0 saturated heterocycles. The fourth-order valence-corrected chi connectivity index (χ4v) is 3.14. The average Bonchev–Trinajstić information content (AvgIpc) is 3.47. The van der Waals surface area contributed by atoms with E-state index in [0.29, 0.717) is 24.9 Å². The standard InChI is InChI=1S/C21H25NO4/c1-3-26-18-6-4-5-15(11-18)13-22(17-8-9-17)14-16-7-10-20(25-2)19(12-16)21(23)24/h4-7,10-12,17H,3,8-9,13-14H2,1-2H3,(H,23,24). The minimum Gasteiger partial charge on any atom is -0.496 e. The second-order valence-electron chi connectivity index (χ2n) is 6.56. The predicted molar refractivity (Wildman–Crippen MR) is 99.8 cm³/mol. The Kier molecular flexibility index (Phi) is 5.78. The van der Waals surface area contributed by atoms with Gasteiger partial charge in [0.05, 0.1) is 13.7 Å². The van der Waals surface area contributed by atoms with Crippen molar-refractivity contribution < 1.29 is 19.4 Å². The highest BCUT2D eigenvalue weighted by Gasteiger charge is 2.29. The van der Waals surface area contributed by atoms with Crippen molar-refractivity contribution in [2.45, 2.75) is 38.9 Å². The lowest BCUT2D eigenvalue weighted by Gasteiger charge is -2.23. The quantitative estimate of drug-likeness (QED) is 0.738. The first-order chi connectivity index (χ1) is 12.6. The minimum absolute atomic E-state index is 0.207. The molecule has 3 rings (SSSR count). The van der Waals surface area contributed by atoms with Crippen LogP contribution in [0.5, 0.6) is 11.5 Å². The van der Waals surface area contributed by atoms with Crippen LogP contribution in [0.4, 0.5) is 0 Å². The smallest absolute Gasteiger partial charge is 0.339 e. The maximum Gasteiger partial charge on any atom is 0.339 e. The summed E-state index contributed by atoms with van der Waals surface area (Å²) in [5.41, 5.74) is 2.39. The molecule has 138 valence electrons. The van der Waals surface area contributed by atoms with E-state index < -0.39 is 5.97 Å². The van der Waals surface area contributed by atoms with Gasteiger partial charge in [-0.1, -0.05) is 18.2 Å². The molecule has 0 bridgehead atoms. The number of carboxylic acids is 1. The number of hydrogen-bond donors (Lipinski definition) is 1. The van der Waals surface area contributed by atoms with Crippen molar-refractivity contribution in [1.82, 2.24) is 4.90 Å². The monoisotopic (exact) mass is 355 g/mol. The van der Waals surface area contributed by atoms with Crippen molar-refractivity contribution in [3.63, 3.8) is 0 Å². The summed E-state index contributed by atoms with van der Waals surface area (Å²) >= 11 is 0. The summed E-state index contributed by atoms with van der Waals surface area (Å²) in [5.74, 6) is 0.313. The third kappa shape index (κ3) is 4.55. The van der Waals surface area contributed by atoms with Crippen molar-refractivity contribution in [1.29, 1.82) is 0 Å². The first-order valence-electron chi connectivity index (χ1n) is 8.96. The Morgan fingerprint density at radius 1 is 1.15 bits per heavy atom. The first kappa shape index (κ1) is 18.3. The molecule has 2 aromatic rings. The van der Waals surface area contributed by atoms with Crippen LogP contribution in [0, 0.1) is 0 Å². The normalized spacial score (nSPS) is 13.7. The molecule has 0 spiro atoms. The number of carboxylic acid groups (broad SMARTS) is 1. The Balaban J connectivity index is 1.76. The van der Waals surface area contributed by atoms with Crippen LogP contribution < -0.4 is 9.47 Å². The predicted octanol–water partition coefficient (Wildman–Crippen LogP) is 3.96. The van der Waals surface area contributed by atoms with E-state index in [-0.39, 0.29) is 5.56 Å². The largest absolute Gasteiger partial charge is 0.496 e. The van der Waals surface area contributed by atoms with Crippen molar-refractivity contribution in [2.75, 3.05) is 13.7 Å². The fourth-order valence-electron chi connectivity index (χ4n) is 3.14. The molecular formula is C21H25NO4. The zero-order chi connectivity index (χ0) is 18.5. The SMILES string of the molecule is CCOc1cccc(CN(Cc2ccc(OC)c(C(=O)O)c2)C2CC2)c1. The number of ether oxygens (including phenoxy) is 2. The molecule has 2 aromatic carbocycles. The summed E-state index contributed by atoms with van der Waals surface area (Å²) in [4.78, 5) is 13.8. The van der Waals surface area contributed by atoms with Gasteiger partial charge in [-0.25, -0.2) is 4.79 Å². The summed E-state index contributed by atoms with van der Waals surface area (Å²) in [5, 5.41) is 9.39. The Hall–Kier alpha value is -2.53. The van der Waals surface area contributed by atoms with Gasteiger partial charge in [0.1, 0.15) is 17.1 Å². The van der Waals surface area contributed by atoms with Crippen LogP contribution in [0.25, 0.3) is 0 Å². The van der Waals surface area contributed by atoms with Crippen LogP contribution in [-0.4, -0.2) is 35.7 Å². The zero-order valence-corrected chi connectivity index (χ0v) is 15.3. The maximum atomic E-state index is 11.4. The van der Waals surface area contributed by atoms with E-state index in [1.807, 2.05) is 25.1 Å². The molecule has 0 unspecified atom stereocenters. The molecule has 1 aliphatic carbocycles. The van der Waals surface area contributed by atoms with Gasteiger partial charge in [0, 0.05) is 19.1 Å². The molecule has 5 nitrogen and oxygen atoms in total. The van der Waals surface area contributed by atoms with E-state index in [0.717, 1.165) is 17.9 Å². The van der Waals surface area contributed by atoms with E-state index in [2.05, 4.69) is 17.0 Å². The minimum atomic E-state index is -0.967. The summed E-state index contributed by atoms with van der Waals surface area (Å²) in [6.45, 7) is 4.17. The summed E-state index contributed by atoms with van der Waals surface area (Å²) in [6.07, 6.45) is 2.38. The van der Waals surface area contributed by atoms with Crippen LogP contribution in [-0.2, 0) is 13.1 Å². The van der Waals surface area contributed by atoms with Gasteiger partial charge in [0.2, 0.25) is 0 Å². The van der Waals surface area contributed by atoms with Gasteiger partial charge >= 0.3 is 5.97 Å². The van der Waals surface area contributed by atoms with Gasteiger partial charge in [-0.15, -0.1) is 0 Å². The van der Waals surface area contributed by atoms with Crippen LogP contribution >= 0.6 is 0 Å². The summed E-state index contributed by atoms with van der Waals surface area (Å²) in [7, 11) is 1.49. The Bertz CT molecular complexity index is 770. The second-order valence-corrected chi connectivity index (χ2v) is 6.56. The average molecular weight is 355 g/mol. The van der Waals surface area contributed by atoms with Gasteiger partial charge in [0.25, 0.3) is 0 Å². The molecule has 5 heteroatoms. The van der Waals surface area contributed by atoms with Crippen molar-refractivity contribution in [2.24, 2.45) is 0 Å². The topological polar surface area (TPSA) is 59.0 Å². The van der Waals surface area contributed by atoms with Crippen LogP contribution in [0.1, 0.15) is 41.3 Å². The van der Waals surface area contributed by atoms with Crippen LogP contribution in [0.2, 0.25) is 0 Å². The van der Waals surface area contributed by atoms with Crippen LogP contribution in [0.3, 0.4) is 0 Å². The Labute approximate surface area is 154 Å². The number of carbonyl (C=O) groups is 1. The van der Waals surface area contributed by atoms with Gasteiger partial charge in [-0.05, 0) is 55.2 Å². The van der Waals surface area contributed by atoms with Gasteiger partial charge in [0.15, 0.2) is 0 Å². The van der Waals surface area contributed by atoms with Gasteiger partial charge in [-0.3, -0.25) is 4.90 Å². The lowest BCUT2D eigenvalue weighted by Crippen LogP contribution is -2.25. The first-order valence-corrected chi connectivity index (χ1v) is 8.96. The van der Waals surface area contributed by atoms with Gasteiger partial charge < -0.3 is 14.6 Å². The van der Waals surface area contributed by atoms with E-state index in [9.17, 15) is 9.90 Å². The molecule has 1 N–H and O–H groups in total.